The smallest absolute Gasteiger partial charge is 0.169 e. The lowest BCUT2D eigenvalue weighted by molar-refractivity contribution is 0.102. The van der Waals surface area contributed by atoms with Crippen LogP contribution in [-0.2, 0) is 4.57 Å². The van der Waals surface area contributed by atoms with Crippen LogP contribution in [0.1, 0.15) is 26.3 Å². The van der Waals surface area contributed by atoms with Gasteiger partial charge in [-0.3, -0.25) is 0 Å². The molecule has 0 aliphatic rings. The quantitative estimate of drug-likeness (QED) is 0.588. The Kier molecular flexibility index (Phi) is 6.03. The van der Waals surface area contributed by atoms with Gasteiger partial charge in [0.2, 0.25) is 0 Å². The van der Waals surface area contributed by atoms with Crippen molar-refractivity contribution in [1.29, 1.82) is 0 Å². The maximum Gasteiger partial charge on any atom is 0.169 e. The molecule has 0 heterocycles. The van der Waals surface area contributed by atoms with Gasteiger partial charge in [0, 0.05) is 15.9 Å². The normalized spacial score (nSPS) is 13.9. The third-order valence-corrected chi connectivity index (χ3v) is 7.97. The molecule has 0 amide bonds. The van der Waals surface area contributed by atoms with Crippen LogP contribution in [-0.4, -0.2) is 11.2 Å². The van der Waals surface area contributed by atoms with E-state index in [1.165, 1.54) is 0 Å². The Morgan fingerprint density at radius 2 is 1.18 bits per heavy atom. The molecule has 0 aliphatic carbocycles. The molecule has 0 saturated heterocycles. The zero-order valence-electron chi connectivity index (χ0n) is 16.6. The van der Waals surface area contributed by atoms with Gasteiger partial charge in [-0.15, -0.1) is 0 Å². The van der Waals surface area contributed by atoms with Gasteiger partial charge in [-0.25, -0.2) is 0 Å². The van der Waals surface area contributed by atoms with Gasteiger partial charge < -0.3 is 9.67 Å². The third kappa shape index (κ3) is 4.19. The molecule has 1 N–H and O–H groups in total. The van der Waals surface area contributed by atoms with Crippen LogP contribution in [0.5, 0.6) is 0 Å². The van der Waals surface area contributed by atoms with Gasteiger partial charge >= 0.3 is 0 Å². The summed E-state index contributed by atoms with van der Waals surface area (Å²) in [5.74, 6) is 0. The van der Waals surface area contributed by atoms with Crippen molar-refractivity contribution < 1.29 is 9.67 Å². The van der Waals surface area contributed by atoms with E-state index in [2.05, 4.69) is 0 Å². The van der Waals surface area contributed by atoms with Gasteiger partial charge in [0.1, 0.15) is 0 Å². The summed E-state index contributed by atoms with van der Waals surface area (Å²) in [5.41, 5.74) is 0.465. The molecular weight excluding hydrogens is 363 g/mol. The number of aliphatic hydroxyl groups is 1. The molecule has 0 saturated carbocycles. The van der Waals surface area contributed by atoms with Gasteiger partial charge in [-0.2, -0.15) is 0 Å². The van der Waals surface area contributed by atoms with E-state index in [4.69, 9.17) is 0 Å². The van der Waals surface area contributed by atoms with Gasteiger partial charge in [-0.1, -0.05) is 112 Å². The van der Waals surface area contributed by atoms with Crippen LogP contribution in [0, 0.1) is 5.41 Å². The molecule has 3 rings (SSSR count). The Labute approximate surface area is 167 Å². The Balaban J connectivity index is 2.32. The first-order valence-electron chi connectivity index (χ1n) is 9.50. The molecule has 28 heavy (non-hydrogen) atoms. The summed E-state index contributed by atoms with van der Waals surface area (Å²) in [6, 6.07) is 28.8. The summed E-state index contributed by atoms with van der Waals surface area (Å²) in [6.07, 6.45) is 1.04. The fourth-order valence-corrected chi connectivity index (χ4v) is 6.37. The van der Waals surface area contributed by atoms with Crippen molar-refractivity contribution in [3.05, 3.63) is 102 Å². The molecular formula is C25H27O2P. The highest BCUT2D eigenvalue weighted by molar-refractivity contribution is 7.82. The molecule has 144 valence electrons. The van der Waals surface area contributed by atoms with Gasteiger partial charge in [0.15, 0.2) is 7.14 Å². The van der Waals surface area contributed by atoms with Crippen LogP contribution >= 0.6 is 7.14 Å². The summed E-state index contributed by atoms with van der Waals surface area (Å²) in [4.78, 5) is 0. The molecule has 3 aromatic rings. The van der Waals surface area contributed by atoms with Crippen LogP contribution in [0.3, 0.4) is 0 Å². The maximum absolute atomic E-state index is 14.8. The highest BCUT2D eigenvalue weighted by Gasteiger charge is 2.39. The Hall–Kier alpha value is -2.41. The minimum Gasteiger partial charge on any atom is -0.388 e. The predicted octanol–water partition coefficient (Wildman–Crippen LogP) is 5.45. The van der Waals surface area contributed by atoms with Crippen LogP contribution in [0.4, 0.5) is 0 Å². The van der Waals surface area contributed by atoms with E-state index in [1.807, 2.05) is 118 Å². The number of hydrogen-bond donors (Lipinski definition) is 1. The minimum atomic E-state index is -3.24. The first-order chi connectivity index (χ1) is 13.3. The molecule has 0 spiro atoms. The summed E-state index contributed by atoms with van der Waals surface area (Å²) in [7, 11) is -3.24. The van der Waals surface area contributed by atoms with Crippen LogP contribution in [0.25, 0.3) is 6.08 Å². The fourth-order valence-electron chi connectivity index (χ4n) is 3.23. The van der Waals surface area contributed by atoms with Crippen molar-refractivity contribution >= 4 is 23.8 Å². The van der Waals surface area contributed by atoms with Crippen LogP contribution in [0.15, 0.2) is 96.3 Å². The molecule has 3 aromatic carbocycles. The molecule has 0 fully saturated rings. The van der Waals surface area contributed by atoms with Gasteiger partial charge in [0.25, 0.3) is 0 Å². The van der Waals surface area contributed by atoms with Crippen LogP contribution in [0.2, 0.25) is 0 Å². The Bertz CT molecular complexity index is 928. The zero-order chi connectivity index (χ0) is 20.2. The van der Waals surface area contributed by atoms with Gasteiger partial charge in [0.05, 0.1) is 6.10 Å². The largest absolute Gasteiger partial charge is 0.388 e. The van der Waals surface area contributed by atoms with E-state index in [0.29, 0.717) is 5.31 Å². The van der Waals surface area contributed by atoms with Crippen molar-refractivity contribution in [2.75, 3.05) is 0 Å². The Morgan fingerprint density at radius 3 is 1.57 bits per heavy atom. The summed E-state index contributed by atoms with van der Waals surface area (Å²) in [5, 5.41) is 13.3. The van der Waals surface area contributed by atoms with Crippen molar-refractivity contribution in [1.82, 2.24) is 0 Å². The molecule has 0 aliphatic heterocycles. The predicted molar refractivity (Wildman–Crippen MR) is 120 cm³/mol. The zero-order valence-corrected chi connectivity index (χ0v) is 17.5. The molecule has 1 atom stereocenters. The van der Waals surface area contributed by atoms with Crippen LogP contribution < -0.4 is 10.6 Å². The lowest BCUT2D eigenvalue weighted by Gasteiger charge is -2.33. The molecule has 1 unspecified atom stereocenters. The number of hydrogen-bond acceptors (Lipinski definition) is 2. The average Bonchev–Trinajstić information content (AvgIpc) is 2.72. The van der Waals surface area contributed by atoms with E-state index in [-0.39, 0.29) is 0 Å². The SMILES string of the molecule is CC(C)(C)C(O)/C(=C\c1ccccc1)P(=O)(c1ccccc1)c1ccccc1. The second kappa shape index (κ2) is 8.31. The van der Waals surface area contributed by atoms with Gasteiger partial charge in [-0.05, 0) is 17.1 Å². The second-order valence-corrected chi connectivity index (χ2v) is 10.8. The van der Waals surface area contributed by atoms with Crippen molar-refractivity contribution in [2.24, 2.45) is 5.41 Å². The number of rotatable bonds is 5. The topological polar surface area (TPSA) is 37.3 Å². The maximum atomic E-state index is 14.8. The first-order valence-corrected chi connectivity index (χ1v) is 11.2. The van der Waals surface area contributed by atoms with E-state index in [1.54, 1.807) is 0 Å². The van der Waals surface area contributed by atoms with Crippen molar-refractivity contribution in [2.45, 2.75) is 26.9 Å². The number of benzene rings is 3. The molecule has 3 heteroatoms. The summed E-state index contributed by atoms with van der Waals surface area (Å²) in [6.45, 7) is 5.91. The molecule has 2 nitrogen and oxygen atoms in total. The average molecular weight is 390 g/mol. The second-order valence-electron chi connectivity index (χ2n) is 8.03. The van der Waals surface area contributed by atoms with E-state index in [9.17, 15) is 9.67 Å². The number of aliphatic hydroxyl groups excluding tert-OH is 1. The molecule has 0 radical (unpaired) electrons. The first kappa shape index (κ1) is 20.3. The summed E-state index contributed by atoms with van der Waals surface area (Å²) < 4.78 is 14.8. The molecule has 0 aromatic heterocycles. The fraction of sp³-hybridized carbons (Fsp3) is 0.200. The third-order valence-electron chi connectivity index (χ3n) is 4.82. The molecule has 0 bridgehead atoms. The lowest BCUT2D eigenvalue weighted by atomic mass is 9.88. The van der Waals surface area contributed by atoms with E-state index >= 15 is 0 Å². The van der Waals surface area contributed by atoms with E-state index in [0.717, 1.165) is 16.2 Å². The minimum absolute atomic E-state index is 0.458. The summed E-state index contributed by atoms with van der Waals surface area (Å²) >= 11 is 0. The van der Waals surface area contributed by atoms with E-state index < -0.39 is 18.7 Å². The Morgan fingerprint density at radius 1 is 0.786 bits per heavy atom. The highest BCUT2D eigenvalue weighted by Crippen LogP contribution is 2.56. The monoisotopic (exact) mass is 390 g/mol. The lowest BCUT2D eigenvalue weighted by Crippen LogP contribution is -2.32. The van der Waals surface area contributed by atoms with Crippen molar-refractivity contribution in [3.63, 3.8) is 0 Å². The van der Waals surface area contributed by atoms with Crippen molar-refractivity contribution in [3.8, 4) is 0 Å². The standard InChI is InChI=1S/C25H27O2P/c1-25(2,3)24(26)23(19-20-13-7-4-8-14-20)28(27,21-15-9-5-10-16-21)22-17-11-6-12-18-22/h4-19,24,26H,1-3H3/b23-19+. The highest BCUT2D eigenvalue weighted by atomic mass is 31.2.